The van der Waals surface area contributed by atoms with E-state index in [4.69, 9.17) is 0 Å². The minimum absolute atomic E-state index is 0.000258. The lowest BCUT2D eigenvalue weighted by Gasteiger charge is -2.27. The Labute approximate surface area is 166 Å². The van der Waals surface area contributed by atoms with Gasteiger partial charge in [0.15, 0.2) is 0 Å². The summed E-state index contributed by atoms with van der Waals surface area (Å²) in [6.45, 7) is 3.07. The molecule has 0 spiro atoms. The second-order valence-corrected chi connectivity index (χ2v) is 7.87. The third kappa shape index (κ3) is 3.94. The fourth-order valence-electron chi connectivity index (χ4n) is 4.16. The highest BCUT2D eigenvalue weighted by atomic mass is 16.2. The Kier molecular flexibility index (Phi) is 5.44. The fourth-order valence-corrected chi connectivity index (χ4v) is 4.16. The van der Waals surface area contributed by atoms with Gasteiger partial charge in [0.1, 0.15) is 0 Å². The number of amides is 2. The molecule has 2 N–H and O–H groups in total. The molecule has 0 radical (unpaired) electrons. The van der Waals surface area contributed by atoms with Crippen LogP contribution in [0.15, 0.2) is 54.6 Å². The second-order valence-electron chi connectivity index (χ2n) is 7.87. The van der Waals surface area contributed by atoms with E-state index >= 15 is 0 Å². The molecular weight excluding hydrogens is 350 g/mol. The minimum Gasteiger partial charge on any atom is -0.347 e. The van der Waals surface area contributed by atoms with Crippen LogP contribution in [0.5, 0.6) is 0 Å². The number of benzene rings is 2. The van der Waals surface area contributed by atoms with Gasteiger partial charge in [0.25, 0.3) is 0 Å². The van der Waals surface area contributed by atoms with Crippen LogP contribution in [0.2, 0.25) is 0 Å². The van der Waals surface area contributed by atoms with Gasteiger partial charge in [0.2, 0.25) is 12.3 Å². The van der Waals surface area contributed by atoms with E-state index in [0.717, 1.165) is 49.3 Å². The highest BCUT2D eigenvalue weighted by Gasteiger charge is 2.51. The van der Waals surface area contributed by atoms with Crippen LogP contribution in [0.25, 0.3) is 0 Å². The van der Waals surface area contributed by atoms with E-state index in [2.05, 4.69) is 27.7 Å². The molecular formula is C23H27N3O2. The van der Waals surface area contributed by atoms with Crippen molar-refractivity contribution in [1.29, 1.82) is 0 Å². The van der Waals surface area contributed by atoms with Crippen LogP contribution in [0.4, 0.5) is 5.69 Å². The van der Waals surface area contributed by atoms with Crippen LogP contribution in [-0.4, -0.2) is 36.9 Å². The predicted octanol–water partition coefficient (Wildman–Crippen LogP) is 3.24. The molecule has 2 fully saturated rings. The van der Waals surface area contributed by atoms with Crippen molar-refractivity contribution in [1.82, 2.24) is 10.2 Å². The largest absolute Gasteiger partial charge is 0.347 e. The molecule has 1 saturated heterocycles. The summed E-state index contributed by atoms with van der Waals surface area (Å²) >= 11 is 0. The number of hydrogen-bond acceptors (Lipinski definition) is 3. The average Bonchev–Trinajstić information content (AvgIpc) is 3.39. The maximum Gasteiger partial charge on any atom is 0.231 e. The third-order valence-electron chi connectivity index (χ3n) is 5.99. The topological polar surface area (TPSA) is 61.4 Å². The molecule has 2 aromatic carbocycles. The zero-order chi connectivity index (χ0) is 19.4. The first-order valence-electron chi connectivity index (χ1n) is 10.1. The molecule has 1 saturated carbocycles. The summed E-state index contributed by atoms with van der Waals surface area (Å²) in [5.74, 6) is 0.108. The molecule has 0 aromatic heterocycles. The molecule has 2 aliphatic rings. The van der Waals surface area contributed by atoms with Gasteiger partial charge in [-0.05, 0) is 62.0 Å². The van der Waals surface area contributed by atoms with Crippen molar-refractivity contribution in [2.75, 3.05) is 25.0 Å². The van der Waals surface area contributed by atoms with Crippen LogP contribution < -0.4 is 10.6 Å². The van der Waals surface area contributed by atoms with Gasteiger partial charge in [0, 0.05) is 12.2 Å². The lowest BCUT2D eigenvalue weighted by Crippen LogP contribution is -2.41. The van der Waals surface area contributed by atoms with Gasteiger partial charge in [0.05, 0.1) is 11.5 Å². The number of rotatable bonds is 8. The third-order valence-corrected chi connectivity index (χ3v) is 5.99. The lowest BCUT2D eigenvalue weighted by atomic mass is 9.93. The van der Waals surface area contributed by atoms with Gasteiger partial charge in [-0.15, -0.1) is 0 Å². The lowest BCUT2D eigenvalue weighted by molar-refractivity contribution is -0.124. The Hall–Kier alpha value is -2.66. The molecule has 5 heteroatoms. The molecule has 146 valence electrons. The quantitative estimate of drug-likeness (QED) is 0.695. The van der Waals surface area contributed by atoms with Gasteiger partial charge < -0.3 is 15.5 Å². The van der Waals surface area contributed by atoms with Crippen LogP contribution in [0.1, 0.15) is 42.9 Å². The van der Waals surface area contributed by atoms with Crippen molar-refractivity contribution in [2.24, 2.45) is 0 Å². The van der Waals surface area contributed by atoms with Crippen molar-refractivity contribution >= 4 is 18.0 Å². The summed E-state index contributed by atoms with van der Waals surface area (Å²) in [4.78, 5) is 26.3. The maximum absolute atomic E-state index is 13.3. The van der Waals surface area contributed by atoms with E-state index in [1.54, 1.807) is 0 Å². The summed E-state index contributed by atoms with van der Waals surface area (Å²) in [7, 11) is 0. The number of nitrogens with zero attached hydrogens (tertiary/aromatic N) is 1. The molecule has 4 rings (SSSR count). The highest BCUT2D eigenvalue weighted by Crippen LogP contribution is 2.49. The number of anilines is 1. The Bertz CT molecular complexity index is 810. The molecule has 1 heterocycles. The number of hydrogen-bond donors (Lipinski definition) is 2. The van der Waals surface area contributed by atoms with E-state index < -0.39 is 5.41 Å². The molecule has 2 aromatic rings. The zero-order valence-electron chi connectivity index (χ0n) is 16.1. The van der Waals surface area contributed by atoms with Crippen LogP contribution in [-0.2, 0) is 15.0 Å². The Balaban J connectivity index is 1.50. The summed E-state index contributed by atoms with van der Waals surface area (Å²) in [5.41, 5.74) is 2.49. The molecule has 0 bridgehead atoms. The fraction of sp³-hybridized carbons (Fsp3) is 0.391. The van der Waals surface area contributed by atoms with Gasteiger partial charge in [-0.2, -0.15) is 0 Å². The summed E-state index contributed by atoms with van der Waals surface area (Å²) in [5, 5.41) is 5.99. The van der Waals surface area contributed by atoms with E-state index in [0.29, 0.717) is 6.41 Å². The Morgan fingerprint density at radius 3 is 2.32 bits per heavy atom. The Morgan fingerprint density at radius 2 is 1.71 bits per heavy atom. The molecule has 1 aliphatic carbocycles. The normalized spacial score (nSPS) is 19.0. The Morgan fingerprint density at radius 1 is 1.04 bits per heavy atom. The molecule has 1 atom stereocenters. The molecule has 5 nitrogen and oxygen atoms in total. The van der Waals surface area contributed by atoms with Gasteiger partial charge in [-0.25, -0.2) is 0 Å². The van der Waals surface area contributed by atoms with E-state index in [9.17, 15) is 9.59 Å². The first-order valence-corrected chi connectivity index (χ1v) is 10.1. The number of likely N-dealkylation sites (tertiary alicyclic amines) is 1. The summed E-state index contributed by atoms with van der Waals surface area (Å²) < 4.78 is 0. The second kappa shape index (κ2) is 8.15. The standard InChI is InChI=1S/C23H27N3O2/c27-17-24-20-10-8-19(9-11-20)23(12-13-23)22(28)25-21(16-26-14-4-5-15-26)18-6-2-1-3-7-18/h1-3,6-11,17,21H,4-5,12-16H2,(H,24,27)(H,25,28)/t21-/m1/s1. The van der Waals surface area contributed by atoms with Crippen LogP contribution in [0, 0.1) is 0 Å². The highest BCUT2D eigenvalue weighted by molar-refractivity contribution is 5.91. The van der Waals surface area contributed by atoms with E-state index in [1.165, 1.54) is 12.8 Å². The summed E-state index contributed by atoms with van der Waals surface area (Å²) in [6.07, 6.45) is 4.87. The van der Waals surface area contributed by atoms with Gasteiger partial charge in [-0.3, -0.25) is 9.59 Å². The van der Waals surface area contributed by atoms with Crippen LogP contribution in [0.3, 0.4) is 0 Å². The van der Waals surface area contributed by atoms with Crippen molar-refractivity contribution in [3.05, 3.63) is 65.7 Å². The monoisotopic (exact) mass is 377 g/mol. The number of carbonyl (C=O) groups excluding carboxylic acids is 2. The molecule has 1 aliphatic heterocycles. The van der Waals surface area contributed by atoms with Crippen molar-refractivity contribution < 1.29 is 9.59 Å². The molecule has 0 unspecified atom stereocenters. The van der Waals surface area contributed by atoms with Gasteiger partial charge in [-0.1, -0.05) is 42.5 Å². The van der Waals surface area contributed by atoms with Crippen molar-refractivity contribution in [3.63, 3.8) is 0 Å². The first kappa shape index (κ1) is 18.7. The smallest absolute Gasteiger partial charge is 0.231 e. The maximum atomic E-state index is 13.3. The zero-order valence-corrected chi connectivity index (χ0v) is 16.1. The minimum atomic E-state index is -0.433. The van der Waals surface area contributed by atoms with Crippen molar-refractivity contribution in [2.45, 2.75) is 37.1 Å². The van der Waals surface area contributed by atoms with E-state index in [1.807, 2.05) is 42.5 Å². The SMILES string of the molecule is O=CNc1ccc(C2(C(=O)N[C@H](CN3CCCC3)c3ccccc3)CC2)cc1. The molecule has 2 amide bonds. The average molecular weight is 377 g/mol. The van der Waals surface area contributed by atoms with Crippen LogP contribution >= 0.6 is 0 Å². The number of carbonyl (C=O) groups is 2. The molecule has 28 heavy (non-hydrogen) atoms. The van der Waals surface area contributed by atoms with Gasteiger partial charge >= 0.3 is 0 Å². The number of nitrogens with one attached hydrogen (secondary N) is 2. The first-order chi connectivity index (χ1) is 13.7. The van der Waals surface area contributed by atoms with Crippen molar-refractivity contribution in [3.8, 4) is 0 Å². The van der Waals surface area contributed by atoms with E-state index in [-0.39, 0.29) is 11.9 Å². The predicted molar refractivity (Wildman–Crippen MR) is 110 cm³/mol. The summed E-state index contributed by atoms with van der Waals surface area (Å²) in [6, 6.07) is 17.9.